The summed E-state index contributed by atoms with van der Waals surface area (Å²) in [6, 6.07) is 4.11. The van der Waals surface area contributed by atoms with E-state index in [0.29, 0.717) is 12.6 Å². The molecule has 0 saturated heterocycles. The van der Waals surface area contributed by atoms with E-state index in [1.54, 1.807) is 10.7 Å². The summed E-state index contributed by atoms with van der Waals surface area (Å²) in [6.45, 7) is 2.82. The van der Waals surface area contributed by atoms with E-state index in [-0.39, 0.29) is 0 Å². The maximum Gasteiger partial charge on any atom is 0.157 e. The zero-order valence-electron chi connectivity index (χ0n) is 10.1. The Kier molecular flexibility index (Phi) is 3.93. The molecule has 0 aliphatic rings. The van der Waals surface area contributed by atoms with Gasteiger partial charge in [0.2, 0.25) is 0 Å². The predicted octanol–water partition coefficient (Wildman–Crippen LogP) is 1.66. The van der Waals surface area contributed by atoms with Gasteiger partial charge in [-0.3, -0.25) is 0 Å². The van der Waals surface area contributed by atoms with Crippen molar-refractivity contribution in [2.75, 3.05) is 11.9 Å². The smallest absolute Gasteiger partial charge is 0.157 e. The van der Waals surface area contributed by atoms with Gasteiger partial charge in [-0.1, -0.05) is 19.8 Å². The van der Waals surface area contributed by atoms with E-state index in [9.17, 15) is 0 Å². The van der Waals surface area contributed by atoms with E-state index < -0.39 is 0 Å². The van der Waals surface area contributed by atoms with Gasteiger partial charge in [-0.2, -0.15) is 5.10 Å². The summed E-state index contributed by atoms with van der Waals surface area (Å²) >= 11 is 0. The molecule has 0 spiro atoms. The van der Waals surface area contributed by atoms with Crippen molar-refractivity contribution in [3.63, 3.8) is 0 Å². The van der Waals surface area contributed by atoms with Gasteiger partial charge in [-0.15, -0.1) is 0 Å². The number of nitrogens with one attached hydrogen (secondary N) is 1. The summed E-state index contributed by atoms with van der Waals surface area (Å²) in [5.41, 5.74) is 6.59. The standard InChI is InChI=1S/C12H19N5/c1-2-3-4-10(9-13)15-11-6-8-17-12(16-11)5-7-14-17/h5-8,10H,2-4,9,13H2,1H3,(H,15,16). The average molecular weight is 233 g/mol. The third kappa shape index (κ3) is 2.94. The van der Waals surface area contributed by atoms with Crippen molar-refractivity contribution in [1.29, 1.82) is 0 Å². The first kappa shape index (κ1) is 11.9. The molecule has 5 nitrogen and oxygen atoms in total. The van der Waals surface area contributed by atoms with Crippen LogP contribution >= 0.6 is 0 Å². The Balaban J connectivity index is 2.05. The van der Waals surface area contributed by atoms with Gasteiger partial charge >= 0.3 is 0 Å². The van der Waals surface area contributed by atoms with E-state index in [0.717, 1.165) is 17.9 Å². The lowest BCUT2D eigenvalue weighted by Gasteiger charge is -2.16. The Morgan fingerprint density at radius 1 is 1.47 bits per heavy atom. The van der Waals surface area contributed by atoms with Crippen molar-refractivity contribution in [2.45, 2.75) is 32.2 Å². The molecule has 2 rings (SSSR count). The second-order valence-corrected chi connectivity index (χ2v) is 4.17. The number of unbranched alkanes of at least 4 members (excludes halogenated alkanes) is 1. The number of rotatable bonds is 6. The summed E-state index contributed by atoms with van der Waals surface area (Å²) < 4.78 is 1.74. The van der Waals surface area contributed by atoms with Crippen LogP contribution in [0.4, 0.5) is 5.82 Å². The van der Waals surface area contributed by atoms with Crippen LogP contribution in [0.15, 0.2) is 24.5 Å². The second-order valence-electron chi connectivity index (χ2n) is 4.17. The van der Waals surface area contributed by atoms with E-state index in [1.165, 1.54) is 12.8 Å². The molecule has 3 N–H and O–H groups in total. The zero-order chi connectivity index (χ0) is 12.1. The first-order chi connectivity index (χ1) is 8.33. The fourth-order valence-corrected chi connectivity index (χ4v) is 1.80. The van der Waals surface area contributed by atoms with Crippen LogP contribution in [0.2, 0.25) is 0 Å². The molecular weight excluding hydrogens is 214 g/mol. The molecule has 0 aliphatic heterocycles. The van der Waals surface area contributed by atoms with Crippen LogP contribution in [0, 0.1) is 0 Å². The number of aromatic nitrogens is 3. The van der Waals surface area contributed by atoms with Gasteiger partial charge in [0, 0.05) is 24.8 Å². The topological polar surface area (TPSA) is 68.2 Å². The minimum atomic E-state index is 0.299. The maximum atomic E-state index is 5.75. The van der Waals surface area contributed by atoms with Crippen LogP contribution in [-0.4, -0.2) is 27.2 Å². The summed E-state index contributed by atoms with van der Waals surface area (Å²) in [5, 5.41) is 7.48. The Hall–Kier alpha value is -1.62. The first-order valence-electron chi connectivity index (χ1n) is 6.10. The van der Waals surface area contributed by atoms with Crippen LogP contribution in [0.3, 0.4) is 0 Å². The van der Waals surface area contributed by atoms with Crippen molar-refractivity contribution >= 4 is 11.5 Å². The lowest BCUT2D eigenvalue weighted by atomic mass is 10.1. The van der Waals surface area contributed by atoms with Gasteiger partial charge in [0.1, 0.15) is 5.82 Å². The fourth-order valence-electron chi connectivity index (χ4n) is 1.80. The summed E-state index contributed by atoms with van der Waals surface area (Å²) in [7, 11) is 0. The molecule has 92 valence electrons. The second kappa shape index (κ2) is 5.63. The largest absolute Gasteiger partial charge is 0.366 e. The van der Waals surface area contributed by atoms with Gasteiger partial charge in [0.05, 0.1) is 6.20 Å². The lowest BCUT2D eigenvalue weighted by Crippen LogP contribution is -2.29. The Bertz CT molecular complexity index is 465. The van der Waals surface area contributed by atoms with Gasteiger partial charge in [-0.25, -0.2) is 9.50 Å². The minimum Gasteiger partial charge on any atom is -0.366 e. The van der Waals surface area contributed by atoms with Crippen molar-refractivity contribution < 1.29 is 0 Å². The third-order valence-electron chi connectivity index (χ3n) is 2.80. The van der Waals surface area contributed by atoms with Crippen LogP contribution in [0.25, 0.3) is 5.65 Å². The van der Waals surface area contributed by atoms with E-state index in [2.05, 4.69) is 22.3 Å². The molecule has 1 atom stereocenters. The molecule has 0 aliphatic carbocycles. The van der Waals surface area contributed by atoms with E-state index in [4.69, 9.17) is 5.73 Å². The number of hydrogen-bond donors (Lipinski definition) is 2. The normalized spacial score (nSPS) is 12.8. The van der Waals surface area contributed by atoms with Crippen LogP contribution in [0.1, 0.15) is 26.2 Å². The third-order valence-corrected chi connectivity index (χ3v) is 2.80. The molecule has 0 saturated carbocycles. The van der Waals surface area contributed by atoms with Crippen LogP contribution in [0.5, 0.6) is 0 Å². The molecule has 2 heterocycles. The average Bonchev–Trinajstić information content (AvgIpc) is 2.81. The van der Waals surface area contributed by atoms with Gasteiger partial charge in [-0.05, 0) is 12.5 Å². The van der Waals surface area contributed by atoms with Gasteiger partial charge in [0.25, 0.3) is 0 Å². The molecule has 0 fully saturated rings. The number of hydrogen-bond acceptors (Lipinski definition) is 4. The number of nitrogens with zero attached hydrogens (tertiary/aromatic N) is 3. The monoisotopic (exact) mass is 233 g/mol. The maximum absolute atomic E-state index is 5.75. The summed E-state index contributed by atoms with van der Waals surface area (Å²) in [5.74, 6) is 0.865. The van der Waals surface area contributed by atoms with Crippen molar-refractivity contribution in [3.05, 3.63) is 24.5 Å². The Labute approximate surface area is 101 Å². The van der Waals surface area contributed by atoms with Crippen molar-refractivity contribution in [3.8, 4) is 0 Å². The van der Waals surface area contributed by atoms with Gasteiger partial charge in [0.15, 0.2) is 5.65 Å². The molecule has 2 aromatic rings. The molecule has 2 aromatic heterocycles. The highest BCUT2D eigenvalue weighted by Crippen LogP contribution is 2.10. The van der Waals surface area contributed by atoms with Gasteiger partial charge < -0.3 is 11.1 Å². The quantitative estimate of drug-likeness (QED) is 0.796. The van der Waals surface area contributed by atoms with Crippen molar-refractivity contribution in [1.82, 2.24) is 14.6 Å². The number of anilines is 1. The minimum absolute atomic E-state index is 0.299. The Morgan fingerprint density at radius 3 is 3.12 bits per heavy atom. The molecule has 5 heteroatoms. The number of nitrogens with two attached hydrogens (primary N) is 1. The molecule has 0 aromatic carbocycles. The SMILES string of the molecule is CCCCC(CN)Nc1ccn2nccc2n1. The molecule has 0 radical (unpaired) electrons. The summed E-state index contributed by atoms with van der Waals surface area (Å²) in [4.78, 5) is 4.46. The fraction of sp³-hybridized carbons (Fsp3) is 0.500. The highest BCUT2D eigenvalue weighted by Gasteiger charge is 2.07. The lowest BCUT2D eigenvalue weighted by molar-refractivity contribution is 0.612. The number of fused-ring (bicyclic) bond motifs is 1. The zero-order valence-corrected chi connectivity index (χ0v) is 10.1. The Morgan fingerprint density at radius 2 is 2.35 bits per heavy atom. The highest BCUT2D eigenvalue weighted by molar-refractivity contribution is 5.45. The van der Waals surface area contributed by atoms with Crippen LogP contribution < -0.4 is 11.1 Å². The molecule has 17 heavy (non-hydrogen) atoms. The van der Waals surface area contributed by atoms with Crippen LogP contribution in [-0.2, 0) is 0 Å². The first-order valence-corrected chi connectivity index (χ1v) is 6.10. The highest BCUT2D eigenvalue weighted by atomic mass is 15.2. The van der Waals surface area contributed by atoms with E-state index in [1.807, 2.05) is 18.3 Å². The molecule has 0 bridgehead atoms. The predicted molar refractivity (Wildman–Crippen MR) is 69.0 cm³/mol. The van der Waals surface area contributed by atoms with E-state index >= 15 is 0 Å². The molecular formula is C12H19N5. The molecule has 0 amide bonds. The molecule has 1 unspecified atom stereocenters. The summed E-state index contributed by atoms with van der Waals surface area (Å²) in [6.07, 6.45) is 7.10. The van der Waals surface area contributed by atoms with Crippen molar-refractivity contribution in [2.24, 2.45) is 5.73 Å².